The number of fused-ring (bicyclic) bond motifs is 1. The molecule has 2 aliphatic carbocycles. The molecule has 1 saturated carbocycles. The minimum Gasteiger partial charge on any atom is -0.346 e. The third-order valence-electron chi connectivity index (χ3n) is 6.39. The van der Waals surface area contributed by atoms with Crippen molar-refractivity contribution >= 4 is 0 Å². The van der Waals surface area contributed by atoms with E-state index in [2.05, 4.69) is 60.6 Å². The molecule has 1 heterocycles. The topological polar surface area (TPSA) is 18.5 Å². The molecule has 0 N–H and O–H groups in total. The van der Waals surface area contributed by atoms with Gasteiger partial charge in [-0.25, -0.2) is 0 Å². The quantitative estimate of drug-likeness (QED) is 0.679. The van der Waals surface area contributed by atoms with Gasteiger partial charge in [0.2, 0.25) is 0 Å². The van der Waals surface area contributed by atoms with Crippen LogP contribution in [-0.4, -0.2) is 18.0 Å². The fraction of sp³-hybridized carbons (Fsp3) is 0.850. The van der Waals surface area contributed by atoms with Crippen molar-refractivity contribution in [3.05, 3.63) is 19.1 Å². The van der Waals surface area contributed by atoms with Crippen LogP contribution in [0.2, 0.25) is 0 Å². The summed E-state index contributed by atoms with van der Waals surface area (Å²) < 4.78 is 13.2. The maximum Gasteiger partial charge on any atom is 0.175 e. The van der Waals surface area contributed by atoms with Gasteiger partial charge in [-0.15, -0.1) is 0 Å². The molecular weight excluding hydrogens is 272 g/mol. The van der Waals surface area contributed by atoms with Crippen LogP contribution >= 0.6 is 0 Å². The molecule has 0 aromatic rings. The Morgan fingerprint density at radius 2 is 1.59 bits per heavy atom. The zero-order chi connectivity index (χ0) is 16.3. The molecule has 1 radical (unpaired) electrons. The lowest BCUT2D eigenvalue weighted by Crippen LogP contribution is -2.55. The molecule has 5 atom stereocenters. The summed E-state index contributed by atoms with van der Waals surface area (Å²) in [5.74, 6) is 1.92. The Bertz CT molecular complexity index is 433. The normalized spacial score (nSPS) is 46.9. The second-order valence-electron chi connectivity index (χ2n) is 8.96. The van der Waals surface area contributed by atoms with Crippen LogP contribution in [0.1, 0.15) is 54.4 Å². The molecule has 0 aromatic heterocycles. The summed E-state index contributed by atoms with van der Waals surface area (Å²) in [6.45, 7) is 18.3. The van der Waals surface area contributed by atoms with Crippen molar-refractivity contribution in [2.75, 3.05) is 0 Å². The van der Waals surface area contributed by atoms with Crippen molar-refractivity contribution in [2.24, 2.45) is 35.0 Å². The predicted molar refractivity (Wildman–Crippen MR) is 90.1 cm³/mol. The number of hydrogen-bond acceptors (Lipinski definition) is 2. The lowest BCUT2D eigenvalue weighted by molar-refractivity contribution is -0.347. The maximum absolute atomic E-state index is 6.60. The van der Waals surface area contributed by atoms with E-state index in [1.54, 1.807) is 0 Å². The van der Waals surface area contributed by atoms with Crippen LogP contribution in [0, 0.1) is 41.9 Å². The Kier molecular flexibility index (Phi) is 4.01. The Morgan fingerprint density at radius 1 is 1.05 bits per heavy atom. The molecule has 3 aliphatic rings. The monoisotopic (exact) mass is 305 g/mol. The fourth-order valence-corrected chi connectivity index (χ4v) is 4.61. The first-order valence-corrected chi connectivity index (χ1v) is 9.04. The molecule has 2 heteroatoms. The fourth-order valence-electron chi connectivity index (χ4n) is 4.61. The van der Waals surface area contributed by atoms with Crippen LogP contribution in [0.25, 0.3) is 0 Å². The molecular formula is C20H33O2. The van der Waals surface area contributed by atoms with Gasteiger partial charge in [0.15, 0.2) is 5.79 Å². The minimum atomic E-state index is -0.522. The minimum absolute atomic E-state index is 0.199. The van der Waals surface area contributed by atoms with Crippen LogP contribution in [0.5, 0.6) is 0 Å². The first-order valence-electron chi connectivity index (χ1n) is 9.04. The van der Waals surface area contributed by atoms with Crippen LogP contribution in [0.15, 0.2) is 12.2 Å². The van der Waals surface area contributed by atoms with E-state index in [-0.39, 0.29) is 18.1 Å². The molecule has 1 aliphatic heterocycles. The Hall–Kier alpha value is -0.340. The summed E-state index contributed by atoms with van der Waals surface area (Å²) in [5.41, 5.74) is 0.334. The van der Waals surface area contributed by atoms with Crippen LogP contribution < -0.4 is 0 Å². The van der Waals surface area contributed by atoms with E-state index in [1.807, 2.05) is 0 Å². The summed E-state index contributed by atoms with van der Waals surface area (Å²) in [4.78, 5) is 0. The van der Waals surface area contributed by atoms with Gasteiger partial charge in [-0.2, -0.15) is 0 Å². The van der Waals surface area contributed by atoms with Crippen molar-refractivity contribution in [1.29, 1.82) is 0 Å². The average molecular weight is 305 g/mol. The van der Waals surface area contributed by atoms with Crippen molar-refractivity contribution in [2.45, 2.75) is 72.4 Å². The molecule has 3 rings (SSSR count). The molecule has 22 heavy (non-hydrogen) atoms. The van der Waals surface area contributed by atoms with E-state index in [9.17, 15) is 0 Å². The summed E-state index contributed by atoms with van der Waals surface area (Å²) in [5, 5.41) is 0. The van der Waals surface area contributed by atoms with Gasteiger partial charge in [-0.3, -0.25) is 0 Å². The highest BCUT2D eigenvalue weighted by atomic mass is 16.7. The molecule has 0 aromatic carbocycles. The predicted octanol–water partition coefficient (Wildman–Crippen LogP) is 4.85. The number of hydrogen-bond donors (Lipinski definition) is 0. The smallest absolute Gasteiger partial charge is 0.175 e. The highest BCUT2D eigenvalue weighted by molar-refractivity contribution is 5.22. The Morgan fingerprint density at radius 3 is 2.09 bits per heavy atom. The van der Waals surface area contributed by atoms with Gasteiger partial charge in [-0.05, 0) is 36.0 Å². The Balaban J connectivity index is 1.91. The highest BCUT2D eigenvalue weighted by Crippen LogP contribution is 2.66. The second kappa shape index (κ2) is 5.34. The summed E-state index contributed by atoms with van der Waals surface area (Å²) >= 11 is 0. The third kappa shape index (κ3) is 2.47. The van der Waals surface area contributed by atoms with E-state index < -0.39 is 5.79 Å². The largest absolute Gasteiger partial charge is 0.346 e. The molecule has 0 bridgehead atoms. The maximum atomic E-state index is 6.60. The molecule has 0 unspecified atom stereocenters. The summed E-state index contributed by atoms with van der Waals surface area (Å²) in [7, 11) is 0. The molecule has 1 saturated heterocycles. The van der Waals surface area contributed by atoms with Crippen LogP contribution in [0.3, 0.4) is 0 Å². The zero-order valence-corrected chi connectivity index (χ0v) is 15.1. The van der Waals surface area contributed by atoms with Crippen molar-refractivity contribution in [3.63, 3.8) is 0 Å². The standard InChI is InChI=1S/C20H33O2/c1-12(2)16-11-17(13(3)4)22-20(21-16)10-8-9-15-18(14(20)5)19(15,6)7/h8-9,12-18H,5,10-11H2,1-4,6-7H3/t14-,15+,16+,17+,18-/m1/s1. The number of ether oxygens (including phenoxy) is 2. The lowest BCUT2D eigenvalue weighted by atomic mass is 9.85. The van der Waals surface area contributed by atoms with Gasteiger partial charge in [-0.1, -0.05) is 53.7 Å². The number of allylic oxidation sites excluding steroid dienone is 1. The zero-order valence-electron chi connectivity index (χ0n) is 15.1. The average Bonchev–Trinajstić information content (AvgIpc) is 3.02. The van der Waals surface area contributed by atoms with Gasteiger partial charge in [0.05, 0.1) is 12.2 Å². The van der Waals surface area contributed by atoms with Crippen LogP contribution in [0.4, 0.5) is 0 Å². The van der Waals surface area contributed by atoms with E-state index in [0.29, 0.717) is 29.1 Å². The SMILES string of the molecule is [CH2][C@@H]1[C@@H]2[C@H](C=CCC13O[C@H](C(C)C)C[C@@H](C(C)C)O3)C2(C)C. The molecule has 2 fully saturated rings. The second-order valence-corrected chi connectivity index (χ2v) is 8.96. The lowest BCUT2D eigenvalue weighted by Gasteiger charge is -2.50. The molecule has 2 nitrogen and oxygen atoms in total. The third-order valence-corrected chi connectivity index (χ3v) is 6.39. The van der Waals surface area contributed by atoms with Crippen molar-refractivity contribution in [3.8, 4) is 0 Å². The van der Waals surface area contributed by atoms with Gasteiger partial charge in [0.1, 0.15) is 0 Å². The van der Waals surface area contributed by atoms with Crippen molar-refractivity contribution < 1.29 is 9.47 Å². The van der Waals surface area contributed by atoms with Gasteiger partial charge >= 0.3 is 0 Å². The van der Waals surface area contributed by atoms with Crippen molar-refractivity contribution in [1.82, 2.24) is 0 Å². The van der Waals surface area contributed by atoms with E-state index >= 15 is 0 Å². The van der Waals surface area contributed by atoms with Gasteiger partial charge in [0.25, 0.3) is 0 Å². The Labute approximate surface area is 136 Å². The van der Waals surface area contributed by atoms with Crippen LogP contribution in [-0.2, 0) is 9.47 Å². The molecule has 125 valence electrons. The van der Waals surface area contributed by atoms with E-state index in [1.165, 1.54) is 0 Å². The van der Waals surface area contributed by atoms with E-state index in [4.69, 9.17) is 9.47 Å². The molecule has 1 spiro atoms. The number of rotatable bonds is 2. The summed E-state index contributed by atoms with van der Waals surface area (Å²) in [6.07, 6.45) is 7.07. The summed E-state index contributed by atoms with van der Waals surface area (Å²) in [6, 6.07) is 0. The first-order chi connectivity index (χ1) is 10.2. The van der Waals surface area contributed by atoms with Gasteiger partial charge < -0.3 is 9.47 Å². The highest BCUT2D eigenvalue weighted by Gasteiger charge is 2.65. The molecule has 0 amide bonds. The van der Waals surface area contributed by atoms with E-state index in [0.717, 1.165) is 12.8 Å². The first kappa shape index (κ1) is 16.5. The van der Waals surface area contributed by atoms with Gasteiger partial charge in [0, 0.05) is 18.8 Å².